The third-order valence-corrected chi connectivity index (χ3v) is 3.13. The Labute approximate surface area is 146 Å². The number of anilines is 3. The predicted octanol–water partition coefficient (Wildman–Crippen LogP) is 4.83. The number of aromatic nitrogens is 1. The number of pyridine rings is 1. The molecule has 1 aromatic carbocycles. The van der Waals surface area contributed by atoms with Crippen LogP contribution in [-0.2, 0) is 4.74 Å². The first-order valence-corrected chi connectivity index (χ1v) is 7.71. The zero-order valence-electron chi connectivity index (χ0n) is 14.0. The summed E-state index contributed by atoms with van der Waals surface area (Å²) in [6, 6.07) is 8.84. The number of carbonyl (C=O) groups is 1. The molecule has 6 nitrogen and oxygen atoms in total. The topological polar surface area (TPSA) is 72.5 Å². The third kappa shape index (κ3) is 5.31. The highest BCUT2D eigenvalue weighted by Gasteiger charge is 2.16. The normalized spacial score (nSPS) is 10.9. The maximum Gasteiger partial charge on any atom is 0.413 e. The fraction of sp³-hybridized carbons (Fsp3) is 0.294. The second-order valence-electron chi connectivity index (χ2n) is 6.03. The molecule has 0 spiro atoms. The number of rotatable bonds is 4. The van der Waals surface area contributed by atoms with Crippen LogP contribution in [0.1, 0.15) is 20.8 Å². The van der Waals surface area contributed by atoms with Gasteiger partial charge in [0.1, 0.15) is 17.2 Å². The van der Waals surface area contributed by atoms with Crippen LogP contribution in [-0.4, -0.2) is 23.8 Å². The predicted molar refractivity (Wildman–Crippen MR) is 95.4 cm³/mol. The molecule has 0 saturated carbocycles. The lowest BCUT2D eigenvalue weighted by Crippen LogP contribution is -2.27. The maximum atomic E-state index is 11.7. The summed E-state index contributed by atoms with van der Waals surface area (Å²) in [5, 5.41) is 6.26. The van der Waals surface area contributed by atoms with Crippen LogP contribution in [0.2, 0.25) is 5.02 Å². The van der Waals surface area contributed by atoms with Crippen molar-refractivity contribution in [2.24, 2.45) is 0 Å². The van der Waals surface area contributed by atoms with Gasteiger partial charge in [-0.2, -0.15) is 0 Å². The first-order valence-electron chi connectivity index (χ1n) is 7.33. The van der Waals surface area contributed by atoms with Crippen molar-refractivity contribution in [1.82, 2.24) is 4.98 Å². The Morgan fingerprint density at radius 2 is 1.88 bits per heavy atom. The summed E-state index contributed by atoms with van der Waals surface area (Å²) in [7, 11) is 1.56. The van der Waals surface area contributed by atoms with E-state index in [0.717, 1.165) is 11.4 Å². The molecule has 0 aliphatic rings. The highest BCUT2D eigenvalue weighted by atomic mass is 35.5. The Morgan fingerprint density at radius 1 is 1.17 bits per heavy atom. The van der Waals surface area contributed by atoms with Gasteiger partial charge in [0.05, 0.1) is 24.0 Å². The van der Waals surface area contributed by atoms with Crippen molar-refractivity contribution < 1.29 is 14.3 Å². The molecule has 2 rings (SSSR count). The van der Waals surface area contributed by atoms with Gasteiger partial charge in [0.25, 0.3) is 0 Å². The molecule has 0 radical (unpaired) electrons. The number of nitrogens with zero attached hydrogens (tertiary/aromatic N) is 1. The lowest BCUT2D eigenvalue weighted by Gasteiger charge is -2.19. The third-order valence-electron chi connectivity index (χ3n) is 2.83. The zero-order valence-corrected chi connectivity index (χ0v) is 14.8. The Balaban J connectivity index is 1.99. The molecule has 24 heavy (non-hydrogen) atoms. The summed E-state index contributed by atoms with van der Waals surface area (Å²) in [6.07, 6.45) is 1.06. The Bertz CT molecular complexity index is 712. The van der Waals surface area contributed by atoms with Crippen molar-refractivity contribution in [2.75, 3.05) is 17.7 Å². The number of carbonyl (C=O) groups excluding carboxylic acids is 1. The van der Waals surface area contributed by atoms with Crippen LogP contribution in [0.4, 0.5) is 22.0 Å². The van der Waals surface area contributed by atoms with E-state index < -0.39 is 11.7 Å². The van der Waals surface area contributed by atoms with Gasteiger partial charge in [-0.3, -0.25) is 5.32 Å². The second-order valence-corrected chi connectivity index (χ2v) is 6.44. The molecule has 0 fully saturated rings. The lowest BCUT2D eigenvalue weighted by molar-refractivity contribution is 0.0635. The molecule has 1 aromatic heterocycles. The van der Waals surface area contributed by atoms with Crippen LogP contribution in [0.5, 0.6) is 5.75 Å². The summed E-state index contributed by atoms with van der Waals surface area (Å²) in [6.45, 7) is 5.40. The van der Waals surface area contributed by atoms with E-state index in [-0.39, 0.29) is 0 Å². The average molecular weight is 350 g/mol. The summed E-state index contributed by atoms with van der Waals surface area (Å²) >= 11 is 6.09. The van der Waals surface area contributed by atoms with Gasteiger partial charge in [-0.1, -0.05) is 11.6 Å². The van der Waals surface area contributed by atoms with Crippen LogP contribution >= 0.6 is 11.6 Å². The molecular formula is C17H20ClN3O3. The number of nitrogens with one attached hydrogen (secondary N) is 2. The van der Waals surface area contributed by atoms with Gasteiger partial charge in [-0.25, -0.2) is 9.78 Å². The van der Waals surface area contributed by atoms with Gasteiger partial charge in [0, 0.05) is 5.69 Å². The van der Waals surface area contributed by atoms with Crippen molar-refractivity contribution in [1.29, 1.82) is 0 Å². The van der Waals surface area contributed by atoms with Gasteiger partial charge in [0.15, 0.2) is 0 Å². The highest BCUT2D eigenvalue weighted by Crippen LogP contribution is 2.28. The quantitative estimate of drug-likeness (QED) is 0.826. The fourth-order valence-electron chi connectivity index (χ4n) is 1.86. The minimum atomic E-state index is -0.556. The SMILES string of the molecule is COc1ccc(Nc2ccc(NC(=O)OC(C)(C)C)nc2)cc1Cl. The van der Waals surface area contributed by atoms with Crippen LogP contribution < -0.4 is 15.4 Å². The molecule has 0 bridgehead atoms. The molecule has 7 heteroatoms. The fourth-order valence-corrected chi connectivity index (χ4v) is 2.12. The first-order chi connectivity index (χ1) is 11.3. The van der Waals surface area contributed by atoms with E-state index in [1.165, 1.54) is 0 Å². The number of hydrogen-bond acceptors (Lipinski definition) is 5. The molecule has 2 N–H and O–H groups in total. The Kier molecular flexibility index (Phi) is 5.51. The second kappa shape index (κ2) is 7.40. The van der Waals surface area contributed by atoms with E-state index in [1.54, 1.807) is 58.3 Å². The molecule has 0 aliphatic heterocycles. The summed E-state index contributed by atoms with van der Waals surface area (Å²) in [5.41, 5.74) is 1.00. The van der Waals surface area contributed by atoms with Crippen molar-refractivity contribution in [2.45, 2.75) is 26.4 Å². The molecule has 1 amide bonds. The average Bonchev–Trinajstić information content (AvgIpc) is 2.47. The van der Waals surface area contributed by atoms with E-state index >= 15 is 0 Å². The zero-order chi connectivity index (χ0) is 17.7. The van der Waals surface area contributed by atoms with Gasteiger partial charge < -0.3 is 14.8 Å². The van der Waals surface area contributed by atoms with Crippen LogP contribution in [0.15, 0.2) is 36.5 Å². The van der Waals surface area contributed by atoms with Gasteiger partial charge in [0.2, 0.25) is 0 Å². The molecule has 128 valence electrons. The van der Waals surface area contributed by atoms with Gasteiger partial charge >= 0.3 is 6.09 Å². The van der Waals surface area contributed by atoms with E-state index in [4.69, 9.17) is 21.1 Å². The van der Waals surface area contributed by atoms with E-state index in [1.807, 2.05) is 6.07 Å². The molecule has 1 heterocycles. The van der Waals surface area contributed by atoms with Crippen LogP contribution in [0, 0.1) is 0 Å². The van der Waals surface area contributed by atoms with Crippen LogP contribution in [0.3, 0.4) is 0 Å². The van der Waals surface area contributed by atoms with Crippen LogP contribution in [0.25, 0.3) is 0 Å². The van der Waals surface area contributed by atoms with E-state index in [2.05, 4.69) is 15.6 Å². The molecular weight excluding hydrogens is 330 g/mol. The monoisotopic (exact) mass is 349 g/mol. The van der Waals surface area contributed by atoms with E-state index in [9.17, 15) is 4.79 Å². The largest absolute Gasteiger partial charge is 0.495 e. The maximum absolute atomic E-state index is 11.7. The Hall–Kier alpha value is -2.47. The number of amides is 1. The number of methoxy groups -OCH3 is 1. The molecule has 0 atom stereocenters. The molecule has 0 saturated heterocycles. The Morgan fingerprint density at radius 3 is 2.42 bits per heavy atom. The van der Waals surface area contributed by atoms with Gasteiger partial charge in [-0.05, 0) is 51.1 Å². The summed E-state index contributed by atoms with van der Waals surface area (Å²) in [5.74, 6) is 1.01. The summed E-state index contributed by atoms with van der Waals surface area (Å²) < 4.78 is 10.3. The number of benzene rings is 1. The molecule has 0 unspecified atom stereocenters. The molecule has 0 aliphatic carbocycles. The van der Waals surface area contributed by atoms with Gasteiger partial charge in [-0.15, -0.1) is 0 Å². The highest BCUT2D eigenvalue weighted by molar-refractivity contribution is 6.32. The van der Waals surface area contributed by atoms with Crippen molar-refractivity contribution in [3.8, 4) is 5.75 Å². The first kappa shape index (κ1) is 17.9. The smallest absolute Gasteiger partial charge is 0.413 e. The van der Waals surface area contributed by atoms with Crippen molar-refractivity contribution >= 4 is 34.9 Å². The number of ether oxygens (including phenoxy) is 2. The van der Waals surface area contributed by atoms with E-state index in [0.29, 0.717) is 16.6 Å². The number of halogens is 1. The number of hydrogen-bond donors (Lipinski definition) is 2. The standard InChI is InChI=1S/C17H20ClN3O3/c1-17(2,3)24-16(22)21-15-8-6-12(10-19-15)20-11-5-7-14(23-4)13(18)9-11/h5-10,20H,1-4H3,(H,19,21,22). The van der Waals surface area contributed by atoms with Crippen molar-refractivity contribution in [3.05, 3.63) is 41.6 Å². The minimum Gasteiger partial charge on any atom is -0.495 e. The van der Waals surface area contributed by atoms with Crippen molar-refractivity contribution in [3.63, 3.8) is 0 Å². The minimum absolute atomic E-state index is 0.405. The molecule has 2 aromatic rings. The lowest BCUT2D eigenvalue weighted by atomic mass is 10.2. The summed E-state index contributed by atoms with van der Waals surface area (Å²) in [4.78, 5) is 15.9.